The van der Waals surface area contributed by atoms with Crippen molar-refractivity contribution < 1.29 is 4.42 Å². The van der Waals surface area contributed by atoms with Crippen LogP contribution in [0.2, 0.25) is 0 Å². The summed E-state index contributed by atoms with van der Waals surface area (Å²) < 4.78 is 5.38. The van der Waals surface area contributed by atoms with Gasteiger partial charge in [-0.25, -0.2) is 0 Å². The Labute approximate surface area is 125 Å². The van der Waals surface area contributed by atoms with Crippen LogP contribution < -0.4 is 5.32 Å². The van der Waals surface area contributed by atoms with Crippen LogP contribution in [0.1, 0.15) is 89.9 Å². The Kier molecular flexibility index (Phi) is 10.4. The molecule has 2 heteroatoms. The van der Waals surface area contributed by atoms with Gasteiger partial charge in [0.25, 0.3) is 0 Å². The molecule has 2 nitrogen and oxygen atoms in total. The molecule has 1 N–H and O–H groups in total. The second-order valence-corrected chi connectivity index (χ2v) is 5.87. The van der Waals surface area contributed by atoms with E-state index < -0.39 is 0 Å². The number of hydrogen-bond donors (Lipinski definition) is 1. The van der Waals surface area contributed by atoms with Gasteiger partial charge in [-0.1, -0.05) is 64.7 Å². The highest BCUT2D eigenvalue weighted by molar-refractivity contribution is 5.02. The first kappa shape index (κ1) is 17.3. The molecule has 116 valence electrons. The molecule has 0 amide bonds. The minimum Gasteiger partial charge on any atom is -0.468 e. The Morgan fingerprint density at radius 3 is 2.10 bits per heavy atom. The first-order chi connectivity index (χ1) is 9.84. The number of unbranched alkanes of at least 4 members (excludes halogenated alkanes) is 9. The standard InChI is InChI=1S/C18H33NO/c1-3-4-5-6-7-8-9-10-11-12-15-19-17(2)18-14-13-16-20-18/h13-14,16-17,19H,3-12,15H2,1-2H3. The molecule has 1 atom stereocenters. The van der Waals surface area contributed by atoms with E-state index in [2.05, 4.69) is 19.2 Å². The van der Waals surface area contributed by atoms with E-state index >= 15 is 0 Å². The van der Waals surface area contributed by atoms with Gasteiger partial charge >= 0.3 is 0 Å². The Bertz CT molecular complexity index is 294. The molecule has 0 radical (unpaired) electrons. The van der Waals surface area contributed by atoms with Gasteiger partial charge in [0, 0.05) is 0 Å². The van der Waals surface area contributed by atoms with Crippen LogP contribution in [0.5, 0.6) is 0 Å². The summed E-state index contributed by atoms with van der Waals surface area (Å²) >= 11 is 0. The normalized spacial score (nSPS) is 12.7. The zero-order chi connectivity index (χ0) is 14.5. The van der Waals surface area contributed by atoms with E-state index in [4.69, 9.17) is 4.42 Å². The average Bonchev–Trinajstić information content (AvgIpc) is 2.99. The van der Waals surface area contributed by atoms with Gasteiger partial charge in [0.1, 0.15) is 5.76 Å². The zero-order valence-electron chi connectivity index (χ0n) is 13.5. The maximum Gasteiger partial charge on any atom is 0.120 e. The fourth-order valence-electron chi connectivity index (χ4n) is 2.57. The summed E-state index contributed by atoms with van der Waals surface area (Å²) in [5.74, 6) is 1.04. The molecular weight excluding hydrogens is 246 g/mol. The van der Waals surface area contributed by atoms with Gasteiger partial charge in [0.2, 0.25) is 0 Å². The molecule has 0 aliphatic heterocycles. The Morgan fingerprint density at radius 1 is 0.950 bits per heavy atom. The summed E-state index contributed by atoms with van der Waals surface area (Å²) in [7, 11) is 0. The third-order valence-electron chi connectivity index (χ3n) is 3.95. The first-order valence-electron chi connectivity index (χ1n) is 8.61. The van der Waals surface area contributed by atoms with Crippen molar-refractivity contribution in [2.75, 3.05) is 6.54 Å². The van der Waals surface area contributed by atoms with Crippen molar-refractivity contribution in [1.82, 2.24) is 5.32 Å². The number of rotatable bonds is 13. The topological polar surface area (TPSA) is 25.2 Å². The van der Waals surface area contributed by atoms with Crippen molar-refractivity contribution in [1.29, 1.82) is 0 Å². The minimum absolute atomic E-state index is 0.337. The van der Waals surface area contributed by atoms with Gasteiger partial charge in [-0.3, -0.25) is 0 Å². The van der Waals surface area contributed by atoms with Crippen LogP contribution in [0.3, 0.4) is 0 Å². The predicted octanol–water partition coefficient (Wildman–Crippen LogP) is 5.85. The molecule has 1 rings (SSSR count). The molecule has 1 heterocycles. The molecule has 0 aromatic carbocycles. The molecular formula is C18H33NO. The van der Waals surface area contributed by atoms with Crippen LogP contribution in [0.15, 0.2) is 22.8 Å². The molecule has 0 saturated heterocycles. The predicted molar refractivity (Wildman–Crippen MR) is 87.0 cm³/mol. The van der Waals surface area contributed by atoms with E-state index in [1.54, 1.807) is 6.26 Å². The average molecular weight is 279 g/mol. The quantitative estimate of drug-likeness (QED) is 0.458. The fraction of sp³-hybridized carbons (Fsp3) is 0.778. The minimum atomic E-state index is 0.337. The van der Waals surface area contributed by atoms with Crippen LogP contribution >= 0.6 is 0 Å². The van der Waals surface area contributed by atoms with Crippen LogP contribution in [-0.2, 0) is 0 Å². The number of hydrogen-bond acceptors (Lipinski definition) is 2. The third-order valence-corrected chi connectivity index (χ3v) is 3.95. The van der Waals surface area contributed by atoms with E-state index in [-0.39, 0.29) is 0 Å². The summed E-state index contributed by atoms with van der Waals surface area (Å²) in [6.45, 7) is 5.54. The molecule has 1 aromatic heterocycles. The maximum atomic E-state index is 5.38. The van der Waals surface area contributed by atoms with Gasteiger partial charge in [-0.2, -0.15) is 0 Å². The summed E-state index contributed by atoms with van der Waals surface area (Å²) in [6, 6.07) is 4.33. The maximum absolute atomic E-state index is 5.38. The Balaban J connectivity index is 1.81. The van der Waals surface area contributed by atoms with Gasteiger partial charge in [-0.05, 0) is 32.0 Å². The molecule has 1 unspecified atom stereocenters. The third kappa shape index (κ3) is 8.42. The molecule has 0 aliphatic rings. The lowest BCUT2D eigenvalue weighted by Gasteiger charge is -2.10. The molecule has 0 spiro atoms. The molecule has 0 saturated carbocycles. The van der Waals surface area contributed by atoms with Crippen LogP contribution in [-0.4, -0.2) is 6.54 Å². The smallest absolute Gasteiger partial charge is 0.120 e. The number of nitrogens with one attached hydrogen (secondary N) is 1. The highest BCUT2D eigenvalue weighted by Crippen LogP contribution is 2.13. The molecule has 0 fully saturated rings. The van der Waals surface area contributed by atoms with E-state index in [1.807, 2.05) is 12.1 Å². The van der Waals surface area contributed by atoms with Crippen LogP contribution in [0, 0.1) is 0 Å². The second-order valence-electron chi connectivity index (χ2n) is 5.87. The van der Waals surface area contributed by atoms with Crippen molar-refractivity contribution in [2.45, 2.75) is 84.1 Å². The summed E-state index contributed by atoms with van der Waals surface area (Å²) in [5.41, 5.74) is 0. The van der Waals surface area contributed by atoms with E-state index in [9.17, 15) is 0 Å². The first-order valence-corrected chi connectivity index (χ1v) is 8.61. The van der Waals surface area contributed by atoms with Crippen molar-refractivity contribution in [3.63, 3.8) is 0 Å². The van der Waals surface area contributed by atoms with Gasteiger partial charge in [0.15, 0.2) is 0 Å². The van der Waals surface area contributed by atoms with Crippen molar-refractivity contribution >= 4 is 0 Å². The Hall–Kier alpha value is -0.760. The highest BCUT2D eigenvalue weighted by Gasteiger charge is 2.05. The van der Waals surface area contributed by atoms with Crippen molar-refractivity contribution in [3.8, 4) is 0 Å². The lowest BCUT2D eigenvalue weighted by atomic mass is 10.1. The summed E-state index contributed by atoms with van der Waals surface area (Å²) in [6.07, 6.45) is 15.7. The monoisotopic (exact) mass is 279 g/mol. The largest absolute Gasteiger partial charge is 0.468 e. The van der Waals surface area contributed by atoms with E-state index in [0.717, 1.165) is 12.3 Å². The van der Waals surface area contributed by atoms with Gasteiger partial charge in [0.05, 0.1) is 12.3 Å². The fourth-order valence-corrected chi connectivity index (χ4v) is 2.57. The molecule has 20 heavy (non-hydrogen) atoms. The highest BCUT2D eigenvalue weighted by atomic mass is 16.3. The summed E-state index contributed by atoms with van der Waals surface area (Å²) in [4.78, 5) is 0. The molecule has 1 aromatic rings. The second kappa shape index (κ2) is 12.0. The lowest BCUT2D eigenvalue weighted by Crippen LogP contribution is -2.19. The SMILES string of the molecule is CCCCCCCCCCCCNC(C)c1ccco1. The number of furan rings is 1. The van der Waals surface area contributed by atoms with Crippen molar-refractivity contribution in [2.24, 2.45) is 0 Å². The molecule has 0 bridgehead atoms. The van der Waals surface area contributed by atoms with E-state index in [1.165, 1.54) is 64.2 Å². The lowest BCUT2D eigenvalue weighted by molar-refractivity contribution is 0.425. The summed E-state index contributed by atoms with van der Waals surface area (Å²) in [5, 5.41) is 3.52. The van der Waals surface area contributed by atoms with Crippen molar-refractivity contribution in [3.05, 3.63) is 24.2 Å². The van der Waals surface area contributed by atoms with E-state index in [0.29, 0.717) is 6.04 Å². The van der Waals surface area contributed by atoms with Gasteiger partial charge < -0.3 is 9.73 Å². The van der Waals surface area contributed by atoms with Crippen LogP contribution in [0.25, 0.3) is 0 Å². The Morgan fingerprint density at radius 2 is 1.55 bits per heavy atom. The zero-order valence-corrected chi connectivity index (χ0v) is 13.5. The van der Waals surface area contributed by atoms with Crippen LogP contribution in [0.4, 0.5) is 0 Å². The van der Waals surface area contributed by atoms with Gasteiger partial charge in [-0.15, -0.1) is 0 Å². The molecule has 0 aliphatic carbocycles.